The van der Waals surface area contributed by atoms with Crippen LogP contribution < -0.4 is 32.3 Å². The Morgan fingerprint density at radius 3 is 1.02 bits per heavy atom. The molecule has 2 amide bonds. The van der Waals surface area contributed by atoms with E-state index < -0.39 is 5.97 Å². The Morgan fingerprint density at radius 2 is 0.673 bits per heavy atom. The number of carboxylic acid groups (broad SMARTS) is 1. The highest BCUT2D eigenvalue weighted by Crippen LogP contribution is 2.33. The molecule has 0 aliphatic heterocycles. The van der Waals surface area contributed by atoms with Gasteiger partial charge in [0.15, 0.2) is 0 Å². The number of nitrogen functional groups attached to an aromatic ring is 1. The predicted molar refractivity (Wildman–Crippen MR) is 431 cm³/mol. The van der Waals surface area contributed by atoms with Crippen molar-refractivity contribution in [2.45, 2.75) is 53.8 Å². The summed E-state index contributed by atoms with van der Waals surface area (Å²) in [6.45, 7) is 8.00. The summed E-state index contributed by atoms with van der Waals surface area (Å²) in [4.78, 5) is 64.9. The Kier molecular flexibility index (Phi) is 23.8. The summed E-state index contributed by atoms with van der Waals surface area (Å²) in [6.07, 6.45) is 2.06. The number of aromatic carboxylic acids is 1. The second-order valence-corrected chi connectivity index (χ2v) is 25.2. The highest BCUT2D eigenvalue weighted by molar-refractivity contribution is 6.06. The van der Waals surface area contributed by atoms with Crippen molar-refractivity contribution in [3.8, 4) is 33.8 Å². The second kappa shape index (κ2) is 34.9. The minimum Gasteiger partial charge on any atom is -0.478 e. The van der Waals surface area contributed by atoms with E-state index >= 15 is 0 Å². The third-order valence-corrected chi connectivity index (χ3v) is 17.5. The molecule has 0 spiro atoms. The van der Waals surface area contributed by atoms with Crippen LogP contribution in [0.15, 0.2) is 291 Å². The van der Waals surface area contributed by atoms with Gasteiger partial charge in [0, 0.05) is 78.1 Å². The molecular formula is C89H78N12O6. The Morgan fingerprint density at radius 1 is 0.355 bits per heavy atom. The molecule has 0 radical (unpaired) electrons. The van der Waals surface area contributed by atoms with Crippen LogP contribution in [-0.2, 0) is 19.6 Å². The number of aryl methyl sites for hydroxylation is 4. The van der Waals surface area contributed by atoms with Crippen molar-refractivity contribution >= 4 is 102 Å². The van der Waals surface area contributed by atoms with Crippen LogP contribution in [0.3, 0.4) is 0 Å². The maximum absolute atomic E-state index is 12.9. The predicted octanol–water partition coefficient (Wildman–Crippen LogP) is 19.5. The van der Waals surface area contributed by atoms with Crippen molar-refractivity contribution in [1.82, 2.24) is 29.9 Å². The Labute approximate surface area is 619 Å². The number of hydrogen-bond acceptors (Lipinski definition) is 15. The number of hydrogen-bond donors (Lipinski definition) is 9. The van der Waals surface area contributed by atoms with Crippen molar-refractivity contribution in [3.05, 3.63) is 341 Å². The van der Waals surface area contributed by atoms with E-state index in [-0.39, 0.29) is 30.6 Å². The van der Waals surface area contributed by atoms with Gasteiger partial charge in [-0.3, -0.25) is 9.59 Å². The molecule has 107 heavy (non-hydrogen) atoms. The first-order valence-corrected chi connectivity index (χ1v) is 34.9. The third-order valence-electron chi connectivity index (χ3n) is 17.5. The number of anilines is 9. The number of carboxylic acids is 1. The lowest BCUT2D eigenvalue weighted by atomic mass is 10.1. The molecule has 0 bridgehead atoms. The number of aliphatic hydroxyl groups excluding tert-OH is 2. The fourth-order valence-electron chi connectivity index (χ4n) is 11.7. The van der Waals surface area contributed by atoms with E-state index in [1.54, 1.807) is 48.5 Å². The molecule has 15 aromatic rings. The van der Waals surface area contributed by atoms with E-state index in [0.29, 0.717) is 34.7 Å². The van der Waals surface area contributed by atoms with Crippen LogP contribution in [0, 0.1) is 20.8 Å². The summed E-state index contributed by atoms with van der Waals surface area (Å²) in [5.41, 5.74) is 25.6. The summed E-state index contributed by atoms with van der Waals surface area (Å²) in [5.74, 6) is 0.148. The first kappa shape index (κ1) is 73.0. The molecule has 10 N–H and O–H groups in total. The summed E-state index contributed by atoms with van der Waals surface area (Å²) in [6, 6.07) is 92.1. The molecule has 3 heterocycles. The maximum atomic E-state index is 12.9. The zero-order chi connectivity index (χ0) is 74.6. The van der Waals surface area contributed by atoms with Crippen molar-refractivity contribution < 1.29 is 29.7 Å². The number of carbonyl (C=O) groups is 3. The number of nitrogens with zero attached hydrogens (tertiary/aromatic N) is 6. The molecule has 0 fully saturated rings. The average molecular weight is 1410 g/mol. The van der Waals surface area contributed by atoms with E-state index in [4.69, 9.17) is 30.9 Å². The van der Waals surface area contributed by atoms with Crippen molar-refractivity contribution in [2.24, 2.45) is 0 Å². The molecule has 18 nitrogen and oxygen atoms in total. The van der Waals surface area contributed by atoms with Gasteiger partial charge < -0.3 is 47.6 Å². The van der Waals surface area contributed by atoms with Crippen LogP contribution >= 0.6 is 0 Å². The number of carbonyl (C=O) groups excluding carboxylic acids is 2. The van der Waals surface area contributed by atoms with Gasteiger partial charge in [0.2, 0.25) is 17.8 Å². The van der Waals surface area contributed by atoms with E-state index in [0.717, 1.165) is 136 Å². The van der Waals surface area contributed by atoms with Gasteiger partial charge in [-0.2, -0.15) is 0 Å². The highest BCUT2D eigenvalue weighted by Gasteiger charge is 2.17. The lowest BCUT2D eigenvalue weighted by Gasteiger charge is -2.12. The van der Waals surface area contributed by atoms with Gasteiger partial charge in [-0.15, -0.1) is 0 Å². The molecule has 0 saturated heterocycles. The summed E-state index contributed by atoms with van der Waals surface area (Å²) < 4.78 is 0. The number of nitrogens with two attached hydrogens (primary N) is 1. The van der Waals surface area contributed by atoms with Crippen LogP contribution in [0.5, 0.6) is 0 Å². The molecule has 15 rings (SSSR count). The fraction of sp³-hybridized carbons (Fsp3) is 0.0899. The number of nitrogens with one attached hydrogen (secondary N) is 5. The SMILES string of the molecule is CCCc1ccc(C)c(NC(=O)c2ccc(Nc3nc(-c4ccccc4)c4ccccc4n3)cc2)c1.Cc1ccc(CO)cc1N.Cc1ccc(CO)cc1NC(=O)c1ccc(Nc2nc(-c3ccccc3)c3ccccc3n2)cc1.O=C(O)c1ccc(Nc2nc(-c3ccccc3)c3ccccc3n2)cc1. The summed E-state index contributed by atoms with van der Waals surface area (Å²) in [5, 5.41) is 45.7. The standard InChI is InChI=1S/C31H28N4O.C29H24N4O2.C21H15N3O2.C8H11NO/c1-3-9-22-15-14-21(2)28(20-22)33-30(36)24-16-18-25(19-17-24)32-31-34-27-13-8-7-12-26(27)29(35-31)23-10-5-4-6-11-23;1-19-11-12-20(18-34)17-26(19)31-28(35)22-13-15-23(16-14-22)30-29-32-25-10-6-5-9-24(25)27(33-29)21-7-3-2-4-8-21;25-20(26)15-10-12-16(13-11-15)22-21-23-18-9-5-4-8-17(18)19(24-21)14-6-2-1-3-7-14;1-6-2-3-7(5-10)4-8(6)9/h4-8,10-20H,3,9H2,1-2H3,(H,33,36)(H,32,34,35);2-17,34H,18H2,1H3,(H,31,35)(H,30,32,33);1-13H,(H,25,26)(H,22,23,24);2-4,10H,5,9H2,1H3. The van der Waals surface area contributed by atoms with Gasteiger partial charge >= 0.3 is 5.97 Å². The van der Waals surface area contributed by atoms with Crippen LogP contribution in [0.2, 0.25) is 0 Å². The number of fused-ring (bicyclic) bond motifs is 3. The van der Waals surface area contributed by atoms with E-state index in [1.165, 1.54) is 5.56 Å². The van der Waals surface area contributed by atoms with Crippen LogP contribution in [0.25, 0.3) is 66.5 Å². The molecule has 0 unspecified atom stereocenters. The van der Waals surface area contributed by atoms with Gasteiger partial charge in [0.05, 0.1) is 52.4 Å². The molecule has 18 heteroatoms. The Balaban J connectivity index is 0.000000142. The Hall–Kier alpha value is -13.8. The van der Waals surface area contributed by atoms with E-state index in [9.17, 15) is 19.5 Å². The topological polar surface area (TPSA) is 275 Å². The number of benzene rings is 12. The fourth-order valence-corrected chi connectivity index (χ4v) is 11.7. The molecule has 0 saturated carbocycles. The minimum atomic E-state index is -0.954. The second-order valence-electron chi connectivity index (χ2n) is 25.2. The van der Waals surface area contributed by atoms with E-state index in [1.807, 2.05) is 245 Å². The monoisotopic (exact) mass is 1410 g/mol. The molecule has 0 aliphatic carbocycles. The van der Waals surface area contributed by atoms with Crippen molar-refractivity contribution in [2.75, 3.05) is 32.3 Å². The van der Waals surface area contributed by atoms with Crippen LogP contribution in [0.1, 0.15) is 77.8 Å². The lowest BCUT2D eigenvalue weighted by molar-refractivity contribution is 0.0696. The summed E-state index contributed by atoms with van der Waals surface area (Å²) in [7, 11) is 0. The van der Waals surface area contributed by atoms with Crippen molar-refractivity contribution in [3.63, 3.8) is 0 Å². The largest absolute Gasteiger partial charge is 0.478 e. The smallest absolute Gasteiger partial charge is 0.335 e. The highest BCUT2D eigenvalue weighted by atomic mass is 16.4. The zero-order valence-corrected chi connectivity index (χ0v) is 59.4. The molecule has 12 aromatic carbocycles. The number of amides is 2. The Bertz CT molecular complexity index is 5600. The van der Waals surface area contributed by atoms with Gasteiger partial charge in [0.25, 0.3) is 11.8 Å². The summed E-state index contributed by atoms with van der Waals surface area (Å²) >= 11 is 0. The van der Waals surface area contributed by atoms with Gasteiger partial charge in [-0.1, -0.05) is 195 Å². The first-order valence-electron chi connectivity index (χ1n) is 34.9. The number of aromatic nitrogens is 6. The lowest BCUT2D eigenvalue weighted by Crippen LogP contribution is -2.13. The van der Waals surface area contributed by atoms with Gasteiger partial charge in [-0.25, -0.2) is 34.7 Å². The maximum Gasteiger partial charge on any atom is 0.335 e. The number of rotatable bonds is 18. The first-order chi connectivity index (χ1) is 52.1. The number of para-hydroxylation sites is 3. The quantitative estimate of drug-likeness (QED) is 0.0361. The van der Waals surface area contributed by atoms with Crippen LogP contribution in [-0.4, -0.2) is 63.0 Å². The molecular weight excluding hydrogens is 1330 g/mol. The van der Waals surface area contributed by atoms with Crippen LogP contribution in [0.4, 0.5) is 52.0 Å². The molecule has 530 valence electrons. The molecule has 0 aliphatic rings. The molecule has 3 aromatic heterocycles. The normalized spacial score (nSPS) is 10.7. The zero-order valence-electron chi connectivity index (χ0n) is 59.4. The van der Waals surface area contributed by atoms with Gasteiger partial charge in [-0.05, 0) is 170 Å². The minimum absolute atomic E-state index is 0.0600. The average Bonchev–Trinajstić information content (AvgIpc) is 0.798. The number of aliphatic hydroxyl groups is 2. The van der Waals surface area contributed by atoms with Gasteiger partial charge in [0.1, 0.15) is 0 Å². The third kappa shape index (κ3) is 18.9. The van der Waals surface area contributed by atoms with Crippen molar-refractivity contribution in [1.29, 1.82) is 0 Å². The van der Waals surface area contributed by atoms with E-state index in [2.05, 4.69) is 66.7 Å². The molecule has 0 atom stereocenters.